The number of carbonyl (C=O) groups is 1. The van der Waals surface area contributed by atoms with Crippen LogP contribution < -0.4 is 0 Å². The molecule has 1 saturated heterocycles. The van der Waals surface area contributed by atoms with Crippen molar-refractivity contribution in [1.29, 1.82) is 0 Å². The van der Waals surface area contributed by atoms with E-state index in [0.29, 0.717) is 24.6 Å². The van der Waals surface area contributed by atoms with E-state index in [1.165, 1.54) is 17.0 Å². The number of halogens is 1. The lowest BCUT2D eigenvalue weighted by Crippen LogP contribution is -2.32. The van der Waals surface area contributed by atoms with E-state index in [1.54, 1.807) is 6.07 Å². The molecule has 6 heteroatoms. The van der Waals surface area contributed by atoms with Crippen molar-refractivity contribution in [3.8, 4) is 0 Å². The molecule has 2 aromatic carbocycles. The van der Waals surface area contributed by atoms with Crippen LogP contribution in [0.15, 0.2) is 73.1 Å². The molecule has 1 fully saturated rings. The van der Waals surface area contributed by atoms with Gasteiger partial charge in [-0.15, -0.1) is 0 Å². The second kappa shape index (κ2) is 10.5. The Morgan fingerprint density at radius 1 is 1.00 bits per heavy atom. The van der Waals surface area contributed by atoms with Gasteiger partial charge in [-0.2, -0.15) is 0 Å². The molecule has 0 aliphatic carbocycles. The number of aromatic nitrogens is 2. The molecule has 5 rings (SSSR count). The van der Waals surface area contributed by atoms with Crippen LogP contribution in [0.2, 0.25) is 0 Å². The summed E-state index contributed by atoms with van der Waals surface area (Å²) in [7, 11) is 0. The Morgan fingerprint density at radius 2 is 1.77 bits per heavy atom. The number of Topliss-reactive ketones (excluding diaryl/α,β-unsaturated/α-hetero) is 1. The number of pyridine rings is 1. The van der Waals surface area contributed by atoms with Gasteiger partial charge in [0.05, 0.1) is 6.61 Å². The monoisotopic (exact) mass is 471 g/mol. The Balaban J connectivity index is 1.27. The van der Waals surface area contributed by atoms with Gasteiger partial charge in [-0.05, 0) is 61.2 Å². The minimum Gasteiger partial charge on any atom is -0.396 e. The van der Waals surface area contributed by atoms with Crippen LogP contribution in [0.5, 0.6) is 0 Å². The molecule has 5 nitrogen and oxygen atoms in total. The van der Waals surface area contributed by atoms with Gasteiger partial charge in [0.2, 0.25) is 0 Å². The summed E-state index contributed by atoms with van der Waals surface area (Å²) in [5.41, 5.74) is 4.79. The first-order valence-electron chi connectivity index (χ1n) is 12.2. The molecule has 0 spiro atoms. The van der Waals surface area contributed by atoms with E-state index in [2.05, 4.69) is 32.8 Å². The smallest absolute Gasteiger partial charge is 0.165 e. The molecular formula is C29H30FN3O2. The second-order valence-electron chi connectivity index (χ2n) is 9.32. The van der Waals surface area contributed by atoms with Gasteiger partial charge in [0.25, 0.3) is 0 Å². The largest absolute Gasteiger partial charge is 0.396 e. The van der Waals surface area contributed by atoms with E-state index in [9.17, 15) is 9.18 Å². The Hall–Kier alpha value is -3.35. The van der Waals surface area contributed by atoms with Crippen LogP contribution in [0, 0.1) is 5.82 Å². The van der Waals surface area contributed by atoms with Crippen LogP contribution in [-0.2, 0) is 13.1 Å². The number of likely N-dealkylation sites (tertiary alicyclic amines) is 1. The predicted molar refractivity (Wildman–Crippen MR) is 135 cm³/mol. The van der Waals surface area contributed by atoms with Gasteiger partial charge in [-0.25, -0.2) is 9.37 Å². The molecule has 0 unspecified atom stereocenters. The van der Waals surface area contributed by atoms with Gasteiger partial charge in [0, 0.05) is 48.4 Å². The highest BCUT2D eigenvalue weighted by Crippen LogP contribution is 2.33. The molecule has 1 aliphatic rings. The summed E-state index contributed by atoms with van der Waals surface area (Å²) in [6.45, 7) is 3.10. The third kappa shape index (κ3) is 5.19. The molecule has 0 radical (unpaired) electrons. The first-order valence-corrected chi connectivity index (χ1v) is 12.2. The lowest BCUT2D eigenvalue weighted by atomic mass is 9.88. The molecule has 0 bridgehead atoms. The van der Waals surface area contributed by atoms with Crippen molar-refractivity contribution in [2.75, 3.05) is 19.7 Å². The maximum absolute atomic E-state index is 14.0. The average molecular weight is 472 g/mol. The number of benzene rings is 2. The molecule has 1 N–H and O–H groups in total. The second-order valence-corrected chi connectivity index (χ2v) is 9.32. The first-order chi connectivity index (χ1) is 17.1. The number of fused-ring (bicyclic) bond motifs is 1. The lowest BCUT2D eigenvalue weighted by Gasteiger charge is -2.32. The zero-order valence-electron chi connectivity index (χ0n) is 19.7. The number of hydrogen-bond donors (Lipinski definition) is 1. The van der Waals surface area contributed by atoms with Gasteiger partial charge in [-0.1, -0.05) is 42.5 Å². The average Bonchev–Trinajstić information content (AvgIpc) is 3.29. The van der Waals surface area contributed by atoms with Gasteiger partial charge in [0.1, 0.15) is 11.5 Å². The number of nitrogens with zero attached hydrogens (tertiary/aromatic N) is 3. The van der Waals surface area contributed by atoms with E-state index in [1.807, 2.05) is 42.6 Å². The third-order valence-electron chi connectivity index (χ3n) is 7.04. The Bertz CT molecular complexity index is 1310. The minimum atomic E-state index is -0.130. The van der Waals surface area contributed by atoms with Crippen LogP contribution >= 0.6 is 0 Å². The van der Waals surface area contributed by atoms with Crippen molar-refractivity contribution in [3.63, 3.8) is 0 Å². The van der Waals surface area contributed by atoms with Crippen LogP contribution in [0.1, 0.15) is 52.2 Å². The highest BCUT2D eigenvalue weighted by Gasteiger charge is 2.23. The molecule has 0 saturated carbocycles. The summed E-state index contributed by atoms with van der Waals surface area (Å²) < 4.78 is 16.2. The zero-order chi connectivity index (χ0) is 24.2. The van der Waals surface area contributed by atoms with Crippen LogP contribution in [0.25, 0.3) is 11.0 Å². The predicted octanol–water partition coefficient (Wildman–Crippen LogP) is 5.17. The summed E-state index contributed by atoms with van der Waals surface area (Å²) in [6, 6.07) is 18.9. The summed E-state index contributed by atoms with van der Waals surface area (Å²) in [6.07, 6.45) is 6.22. The van der Waals surface area contributed by atoms with Crippen molar-refractivity contribution in [2.45, 2.75) is 38.3 Å². The SMILES string of the molecule is O=C(CCO)c1ccc(Cn2ccc3c(C4CCN(Cc5ccccc5F)CC4)ccnc32)cc1. The quantitative estimate of drug-likeness (QED) is 0.360. The zero-order valence-corrected chi connectivity index (χ0v) is 19.7. The Morgan fingerprint density at radius 3 is 2.51 bits per heavy atom. The van der Waals surface area contributed by atoms with Gasteiger partial charge in [0.15, 0.2) is 5.78 Å². The summed E-state index contributed by atoms with van der Waals surface area (Å²) >= 11 is 0. The van der Waals surface area contributed by atoms with E-state index in [4.69, 9.17) is 5.11 Å². The number of piperidine rings is 1. The fourth-order valence-corrected chi connectivity index (χ4v) is 5.10. The fraction of sp³-hybridized carbons (Fsp3) is 0.310. The molecule has 1 aliphatic heterocycles. The molecule has 180 valence electrons. The van der Waals surface area contributed by atoms with Gasteiger partial charge >= 0.3 is 0 Å². The maximum atomic E-state index is 14.0. The summed E-state index contributed by atoms with van der Waals surface area (Å²) in [4.78, 5) is 19.0. The Labute approximate surface area is 204 Å². The number of aliphatic hydroxyl groups is 1. The van der Waals surface area contributed by atoms with Crippen molar-refractivity contribution < 1.29 is 14.3 Å². The highest BCUT2D eigenvalue weighted by atomic mass is 19.1. The molecule has 0 atom stereocenters. The topological polar surface area (TPSA) is 58.4 Å². The molecular weight excluding hydrogens is 441 g/mol. The first kappa shape index (κ1) is 23.4. The third-order valence-corrected chi connectivity index (χ3v) is 7.04. The number of rotatable bonds is 8. The summed E-state index contributed by atoms with van der Waals surface area (Å²) in [5.74, 6) is 0.292. The summed E-state index contributed by atoms with van der Waals surface area (Å²) in [5, 5.41) is 10.2. The normalized spacial score (nSPS) is 15.0. The maximum Gasteiger partial charge on any atom is 0.165 e. The molecule has 4 aromatic rings. The van der Waals surface area contributed by atoms with Crippen molar-refractivity contribution in [3.05, 3.63) is 101 Å². The number of aliphatic hydroxyl groups excluding tert-OH is 1. The molecule has 35 heavy (non-hydrogen) atoms. The minimum absolute atomic E-state index is 0.0447. The highest BCUT2D eigenvalue weighted by molar-refractivity contribution is 5.96. The van der Waals surface area contributed by atoms with E-state index >= 15 is 0 Å². The molecule has 0 amide bonds. The van der Waals surface area contributed by atoms with E-state index < -0.39 is 0 Å². The molecule has 3 heterocycles. The van der Waals surface area contributed by atoms with Crippen molar-refractivity contribution in [1.82, 2.24) is 14.5 Å². The van der Waals surface area contributed by atoms with E-state index in [0.717, 1.165) is 42.7 Å². The number of hydrogen-bond acceptors (Lipinski definition) is 4. The lowest BCUT2D eigenvalue weighted by molar-refractivity contribution is 0.0956. The van der Waals surface area contributed by atoms with Crippen molar-refractivity contribution in [2.24, 2.45) is 0 Å². The Kier molecular flexibility index (Phi) is 7.02. The van der Waals surface area contributed by atoms with Crippen molar-refractivity contribution >= 4 is 16.8 Å². The van der Waals surface area contributed by atoms with Gasteiger partial charge < -0.3 is 9.67 Å². The number of carbonyl (C=O) groups excluding carboxylic acids is 1. The standard InChI is InChI=1S/C29H30FN3O2/c30-27-4-2-1-3-24(27)20-32-15-10-22(11-16-32)25-9-14-31-29-26(25)12-17-33(29)19-21-5-7-23(8-6-21)28(35)13-18-34/h1-9,12,14,17,22,34H,10-11,13,15-16,18-20H2. The van der Waals surface area contributed by atoms with Crippen LogP contribution in [-0.4, -0.2) is 45.0 Å². The van der Waals surface area contributed by atoms with Crippen LogP contribution in [0.4, 0.5) is 4.39 Å². The molecule has 2 aromatic heterocycles. The fourth-order valence-electron chi connectivity index (χ4n) is 5.10. The number of ketones is 1. The van der Waals surface area contributed by atoms with E-state index in [-0.39, 0.29) is 24.6 Å². The van der Waals surface area contributed by atoms with Gasteiger partial charge in [-0.3, -0.25) is 9.69 Å². The van der Waals surface area contributed by atoms with Crippen LogP contribution in [0.3, 0.4) is 0 Å².